The number of amidine groups is 1. The number of hydrogen-bond donors (Lipinski definition) is 1. The van der Waals surface area contributed by atoms with Gasteiger partial charge in [-0.25, -0.2) is 4.99 Å². The summed E-state index contributed by atoms with van der Waals surface area (Å²) in [6.45, 7) is 9.00. The second-order valence-corrected chi connectivity index (χ2v) is 5.82. The monoisotopic (exact) mass is 206 g/mol. The van der Waals surface area contributed by atoms with Gasteiger partial charge in [-0.1, -0.05) is 20.8 Å². The summed E-state index contributed by atoms with van der Waals surface area (Å²) in [6.07, 6.45) is 5.07. The van der Waals surface area contributed by atoms with Crippen molar-refractivity contribution in [3.63, 3.8) is 0 Å². The van der Waals surface area contributed by atoms with E-state index in [4.69, 9.17) is 0 Å². The Balaban J connectivity index is 2.35. The number of aliphatic imine (C=N–C) groups is 1. The highest BCUT2D eigenvalue weighted by atomic mass is 15.1. The third-order valence-corrected chi connectivity index (χ3v) is 3.35. The summed E-state index contributed by atoms with van der Waals surface area (Å²) in [6, 6.07) is 0.491. The first-order chi connectivity index (χ1) is 6.98. The molecule has 2 heteroatoms. The SMILES string of the molecule is CC1=NC2=C(CCCC2)C(C(C)(C)C)N1. The Morgan fingerprint density at radius 2 is 1.87 bits per heavy atom. The first-order valence-corrected chi connectivity index (χ1v) is 6.02. The fraction of sp³-hybridized carbons (Fsp3) is 0.769. The van der Waals surface area contributed by atoms with Crippen LogP contribution in [0.5, 0.6) is 0 Å². The molecule has 0 saturated carbocycles. The van der Waals surface area contributed by atoms with Gasteiger partial charge < -0.3 is 5.32 Å². The maximum Gasteiger partial charge on any atom is 0.0991 e. The molecule has 0 fully saturated rings. The molecule has 1 aliphatic heterocycles. The molecule has 0 aromatic heterocycles. The zero-order valence-corrected chi connectivity index (χ0v) is 10.4. The molecular formula is C13H22N2. The number of allylic oxidation sites excluding steroid dienone is 1. The highest BCUT2D eigenvalue weighted by Gasteiger charge is 2.33. The molecule has 84 valence electrons. The van der Waals surface area contributed by atoms with Crippen LogP contribution in [0.3, 0.4) is 0 Å². The number of rotatable bonds is 0. The second kappa shape index (κ2) is 3.66. The quantitative estimate of drug-likeness (QED) is 0.646. The van der Waals surface area contributed by atoms with Crippen molar-refractivity contribution >= 4 is 5.84 Å². The van der Waals surface area contributed by atoms with E-state index in [1.165, 1.54) is 31.4 Å². The van der Waals surface area contributed by atoms with Crippen molar-refractivity contribution in [3.8, 4) is 0 Å². The van der Waals surface area contributed by atoms with E-state index in [9.17, 15) is 0 Å². The van der Waals surface area contributed by atoms with Gasteiger partial charge in [0, 0.05) is 5.70 Å². The van der Waals surface area contributed by atoms with Crippen LogP contribution in [-0.4, -0.2) is 11.9 Å². The molecule has 0 amide bonds. The minimum atomic E-state index is 0.287. The standard InChI is InChI=1S/C13H22N2/c1-9-14-11-8-6-5-7-10(11)12(15-9)13(2,3)4/h12H,5-8H2,1-4H3,(H,14,15). The van der Waals surface area contributed by atoms with Crippen LogP contribution in [-0.2, 0) is 0 Å². The van der Waals surface area contributed by atoms with E-state index in [1.807, 2.05) is 0 Å². The van der Waals surface area contributed by atoms with Gasteiger partial charge in [-0.15, -0.1) is 0 Å². The summed E-state index contributed by atoms with van der Waals surface area (Å²) < 4.78 is 0. The highest BCUT2D eigenvalue weighted by molar-refractivity contribution is 5.82. The van der Waals surface area contributed by atoms with Crippen molar-refractivity contribution in [1.82, 2.24) is 5.32 Å². The molecule has 1 atom stereocenters. The summed E-state index contributed by atoms with van der Waals surface area (Å²) >= 11 is 0. The average molecular weight is 206 g/mol. The highest BCUT2D eigenvalue weighted by Crippen LogP contribution is 2.36. The lowest BCUT2D eigenvalue weighted by Crippen LogP contribution is -2.47. The lowest BCUT2D eigenvalue weighted by atomic mass is 9.77. The smallest absolute Gasteiger partial charge is 0.0991 e. The second-order valence-electron chi connectivity index (χ2n) is 5.82. The lowest BCUT2D eigenvalue weighted by molar-refractivity contribution is 0.314. The van der Waals surface area contributed by atoms with Gasteiger partial charge in [0.05, 0.1) is 11.9 Å². The van der Waals surface area contributed by atoms with Gasteiger partial charge in [-0.2, -0.15) is 0 Å². The minimum Gasteiger partial charge on any atom is -0.367 e. The molecule has 0 aromatic rings. The molecule has 2 aliphatic rings. The van der Waals surface area contributed by atoms with Crippen LogP contribution in [0.25, 0.3) is 0 Å². The molecule has 2 rings (SSSR count). The predicted molar refractivity (Wildman–Crippen MR) is 65.0 cm³/mol. The Morgan fingerprint density at radius 3 is 2.53 bits per heavy atom. The van der Waals surface area contributed by atoms with Crippen LogP contribution in [0, 0.1) is 5.41 Å². The Bertz CT molecular complexity index is 318. The van der Waals surface area contributed by atoms with Gasteiger partial charge >= 0.3 is 0 Å². The number of nitrogens with one attached hydrogen (secondary N) is 1. The molecule has 0 spiro atoms. The summed E-state index contributed by atoms with van der Waals surface area (Å²) in [7, 11) is 0. The molecule has 1 aliphatic carbocycles. The third kappa shape index (κ3) is 2.09. The van der Waals surface area contributed by atoms with E-state index in [0.717, 1.165) is 5.84 Å². The van der Waals surface area contributed by atoms with Crippen LogP contribution >= 0.6 is 0 Å². The minimum absolute atomic E-state index is 0.287. The zero-order chi connectivity index (χ0) is 11.1. The lowest BCUT2D eigenvalue weighted by Gasteiger charge is -2.39. The van der Waals surface area contributed by atoms with E-state index in [1.54, 1.807) is 5.57 Å². The first-order valence-electron chi connectivity index (χ1n) is 6.02. The molecule has 0 radical (unpaired) electrons. The van der Waals surface area contributed by atoms with Crippen molar-refractivity contribution in [1.29, 1.82) is 0 Å². The van der Waals surface area contributed by atoms with Crippen LogP contribution in [0.4, 0.5) is 0 Å². The predicted octanol–water partition coefficient (Wildman–Crippen LogP) is 3.25. The maximum absolute atomic E-state index is 4.65. The van der Waals surface area contributed by atoms with Gasteiger partial charge in [-0.3, -0.25) is 0 Å². The first kappa shape index (κ1) is 10.7. The van der Waals surface area contributed by atoms with Crippen LogP contribution in [0.1, 0.15) is 53.4 Å². The van der Waals surface area contributed by atoms with E-state index in [2.05, 4.69) is 38.0 Å². The van der Waals surface area contributed by atoms with E-state index >= 15 is 0 Å². The molecule has 1 N–H and O–H groups in total. The Hall–Kier alpha value is -0.790. The van der Waals surface area contributed by atoms with Crippen molar-refractivity contribution in [3.05, 3.63) is 11.3 Å². The van der Waals surface area contributed by atoms with Crippen molar-refractivity contribution < 1.29 is 0 Å². The van der Waals surface area contributed by atoms with Crippen LogP contribution < -0.4 is 5.32 Å². The van der Waals surface area contributed by atoms with Crippen molar-refractivity contribution in [2.75, 3.05) is 0 Å². The average Bonchev–Trinajstić information content (AvgIpc) is 2.15. The van der Waals surface area contributed by atoms with Gasteiger partial charge in [-0.05, 0) is 43.6 Å². The van der Waals surface area contributed by atoms with Crippen molar-refractivity contribution in [2.24, 2.45) is 10.4 Å². The van der Waals surface area contributed by atoms with Gasteiger partial charge in [0.2, 0.25) is 0 Å². The summed E-state index contributed by atoms with van der Waals surface area (Å²) in [5.41, 5.74) is 3.23. The molecule has 0 saturated heterocycles. The molecule has 0 aromatic carbocycles. The number of hydrogen-bond acceptors (Lipinski definition) is 2. The summed E-state index contributed by atoms with van der Waals surface area (Å²) in [5.74, 6) is 1.09. The van der Waals surface area contributed by atoms with Gasteiger partial charge in [0.25, 0.3) is 0 Å². The fourth-order valence-electron chi connectivity index (χ4n) is 2.62. The third-order valence-electron chi connectivity index (χ3n) is 3.35. The fourth-order valence-corrected chi connectivity index (χ4v) is 2.62. The zero-order valence-electron chi connectivity index (χ0n) is 10.4. The van der Waals surface area contributed by atoms with E-state index in [-0.39, 0.29) is 5.41 Å². The molecule has 0 bridgehead atoms. The Kier molecular flexibility index (Phi) is 2.61. The van der Waals surface area contributed by atoms with Crippen LogP contribution in [0.15, 0.2) is 16.3 Å². The summed E-state index contributed by atoms with van der Waals surface area (Å²) in [4.78, 5) is 4.65. The summed E-state index contributed by atoms with van der Waals surface area (Å²) in [5, 5.41) is 3.55. The Labute approximate surface area is 92.9 Å². The maximum atomic E-state index is 4.65. The largest absolute Gasteiger partial charge is 0.367 e. The van der Waals surface area contributed by atoms with Gasteiger partial charge in [0.15, 0.2) is 0 Å². The normalized spacial score (nSPS) is 26.9. The van der Waals surface area contributed by atoms with Gasteiger partial charge in [0.1, 0.15) is 0 Å². The van der Waals surface area contributed by atoms with E-state index < -0.39 is 0 Å². The molecule has 1 heterocycles. The van der Waals surface area contributed by atoms with E-state index in [0.29, 0.717) is 6.04 Å². The van der Waals surface area contributed by atoms with Crippen LogP contribution in [0.2, 0.25) is 0 Å². The number of nitrogens with zero attached hydrogens (tertiary/aromatic N) is 1. The van der Waals surface area contributed by atoms with Crippen molar-refractivity contribution in [2.45, 2.75) is 59.4 Å². The molecule has 1 unspecified atom stereocenters. The topological polar surface area (TPSA) is 24.4 Å². The molecule has 15 heavy (non-hydrogen) atoms. The molecular weight excluding hydrogens is 184 g/mol. The molecule has 2 nitrogen and oxygen atoms in total. The Morgan fingerprint density at radius 1 is 1.20 bits per heavy atom.